The summed E-state index contributed by atoms with van der Waals surface area (Å²) in [4.78, 5) is 24.4. The van der Waals surface area contributed by atoms with E-state index in [1.807, 2.05) is 0 Å². The van der Waals surface area contributed by atoms with Crippen molar-refractivity contribution in [1.82, 2.24) is 0 Å². The first-order valence-corrected chi connectivity index (χ1v) is 23.8. The van der Waals surface area contributed by atoms with Gasteiger partial charge in [-0.05, 0) is 24.7 Å². The number of aliphatic hydroxyl groups excluding tert-OH is 1. The Balaban J connectivity index is 3.45. The Morgan fingerprint density at radius 2 is 0.736 bits per heavy atom. The van der Waals surface area contributed by atoms with Crippen LogP contribution < -0.4 is 0 Å². The van der Waals surface area contributed by atoms with Gasteiger partial charge in [0.15, 0.2) is 6.10 Å². The van der Waals surface area contributed by atoms with Crippen LogP contribution in [0.4, 0.5) is 0 Å². The molecule has 5 nitrogen and oxygen atoms in total. The Labute approximate surface area is 331 Å². The maximum Gasteiger partial charge on any atom is 0.306 e. The molecule has 5 heteroatoms. The topological polar surface area (TPSA) is 72.8 Å². The number of esters is 2. The molecule has 0 radical (unpaired) electrons. The van der Waals surface area contributed by atoms with Gasteiger partial charge < -0.3 is 14.6 Å². The quantitative estimate of drug-likeness (QED) is 0.0496. The fourth-order valence-corrected chi connectivity index (χ4v) is 7.36. The molecule has 0 bridgehead atoms. The van der Waals surface area contributed by atoms with Crippen LogP contribution >= 0.6 is 0 Å². The average molecular weight is 751 g/mol. The van der Waals surface area contributed by atoms with Crippen molar-refractivity contribution in [2.45, 2.75) is 271 Å². The van der Waals surface area contributed by atoms with Crippen molar-refractivity contribution in [3.8, 4) is 0 Å². The highest BCUT2D eigenvalue weighted by Crippen LogP contribution is 2.18. The maximum atomic E-state index is 12.2. The largest absolute Gasteiger partial charge is 0.462 e. The molecule has 0 rings (SSSR count). The highest BCUT2D eigenvalue weighted by molar-refractivity contribution is 5.70. The molecule has 0 aromatic heterocycles. The molecule has 1 unspecified atom stereocenters. The summed E-state index contributed by atoms with van der Waals surface area (Å²) < 4.78 is 10.7. The molecule has 0 aromatic carbocycles. The second-order valence-corrected chi connectivity index (χ2v) is 17.3. The van der Waals surface area contributed by atoms with E-state index in [9.17, 15) is 14.7 Å². The van der Waals surface area contributed by atoms with Gasteiger partial charge in [0.2, 0.25) is 0 Å². The maximum absolute atomic E-state index is 12.2. The Morgan fingerprint density at radius 1 is 0.434 bits per heavy atom. The lowest BCUT2D eigenvalue weighted by Crippen LogP contribution is -2.28. The number of carbonyl (C=O) groups is 2. The summed E-state index contributed by atoms with van der Waals surface area (Å²) in [6, 6.07) is 0. The molecule has 0 saturated carbocycles. The Kier molecular flexibility index (Phi) is 41.2. The summed E-state index contributed by atoms with van der Waals surface area (Å²) in [5.74, 6) is 1.19. The predicted molar refractivity (Wildman–Crippen MR) is 228 cm³/mol. The number of unbranched alkanes of at least 4 members (excludes halogenated alkanes) is 30. The summed E-state index contributed by atoms with van der Waals surface area (Å²) >= 11 is 0. The van der Waals surface area contributed by atoms with Crippen LogP contribution in [0.2, 0.25) is 0 Å². The standard InChI is InChI=1S/C48H94O5/c1-5-45(4)39-35-31-27-23-19-15-12-13-16-20-24-28-32-36-40-47(50)52-43-46(42-49)53-48(51)41-37-33-29-25-21-17-11-9-7-6-8-10-14-18-22-26-30-34-38-44(2)3/h44-46,49H,5-43H2,1-4H3/t45?,46-/m0/s1. The minimum absolute atomic E-state index is 0.0575. The summed E-state index contributed by atoms with van der Waals surface area (Å²) in [6.07, 6.45) is 46.0. The van der Waals surface area contributed by atoms with Crippen molar-refractivity contribution >= 4 is 11.9 Å². The average Bonchev–Trinajstić information content (AvgIpc) is 3.15. The third-order valence-electron chi connectivity index (χ3n) is 11.4. The van der Waals surface area contributed by atoms with Crippen LogP contribution in [0.25, 0.3) is 0 Å². The monoisotopic (exact) mass is 751 g/mol. The Hall–Kier alpha value is -1.10. The van der Waals surface area contributed by atoms with Crippen LogP contribution in [0.3, 0.4) is 0 Å². The van der Waals surface area contributed by atoms with Gasteiger partial charge in [-0.25, -0.2) is 0 Å². The first-order chi connectivity index (χ1) is 25.9. The zero-order chi connectivity index (χ0) is 38.9. The van der Waals surface area contributed by atoms with Crippen molar-refractivity contribution < 1.29 is 24.2 Å². The Bertz CT molecular complexity index is 752. The highest BCUT2D eigenvalue weighted by Gasteiger charge is 2.16. The van der Waals surface area contributed by atoms with Gasteiger partial charge in [0, 0.05) is 12.8 Å². The third kappa shape index (κ3) is 41.9. The molecule has 0 amide bonds. The van der Waals surface area contributed by atoms with Gasteiger partial charge in [0.1, 0.15) is 6.61 Å². The van der Waals surface area contributed by atoms with Gasteiger partial charge in [0.25, 0.3) is 0 Å². The van der Waals surface area contributed by atoms with E-state index in [4.69, 9.17) is 9.47 Å². The van der Waals surface area contributed by atoms with Crippen molar-refractivity contribution in [1.29, 1.82) is 0 Å². The van der Waals surface area contributed by atoms with E-state index in [1.54, 1.807) is 0 Å². The molecule has 0 fully saturated rings. The van der Waals surface area contributed by atoms with E-state index in [1.165, 1.54) is 193 Å². The molecule has 0 spiro atoms. The van der Waals surface area contributed by atoms with Crippen LogP contribution in [0, 0.1) is 11.8 Å². The van der Waals surface area contributed by atoms with E-state index < -0.39 is 6.10 Å². The summed E-state index contributed by atoms with van der Waals surface area (Å²) in [6.45, 7) is 8.95. The van der Waals surface area contributed by atoms with Crippen LogP contribution in [-0.2, 0) is 19.1 Å². The van der Waals surface area contributed by atoms with Gasteiger partial charge in [-0.1, -0.05) is 240 Å². The molecule has 1 N–H and O–H groups in total. The highest BCUT2D eigenvalue weighted by atomic mass is 16.6. The minimum atomic E-state index is -0.764. The molecular formula is C48H94O5. The molecule has 0 saturated heterocycles. The minimum Gasteiger partial charge on any atom is -0.462 e. The summed E-state index contributed by atoms with van der Waals surface area (Å²) in [7, 11) is 0. The molecule has 0 heterocycles. The number of ether oxygens (including phenoxy) is 2. The zero-order valence-electron chi connectivity index (χ0n) is 36.4. The zero-order valence-corrected chi connectivity index (χ0v) is 36.4. The molecular weight excluding hydrogens is 657 g/mol. The van der Waals surface area contributed by atoms with Crippen LogP contribution in [0.5, 0.6) is 0 Å². The lowest BCUT2D eigenvalue weighted by molar-refractivity contribution is -0.161. The molecule has 0 aliphatic heterocycles. The van der Waals surface area contributed by atoms with Crippen molar-refractivity contribution in [2.75, 3.05) is 13.2 Å². The second kappa shape index (κ2) is 42.1. The first-order valence-electron chi connectivity index (χ1n) is 23.8. The lowest BCUT2D eigenvalue weighted by atomic mass is 9.99. The van der Waals surface area contributed by atoms with Crippen molar-refractivity contribution in [3.05, 3.63) is 0 Å². The van der Waals surface area contributed by atoms with Gasteiger partial charge >= 0.3 is 11.9 Å². The fraction of sp³-hybridized carbons (Fsp3) is 0.958. The van der Waals surface area contributed by atoms with Crippen LogP contribution in [-0.4, -0.2) is 36.4 Å². The number of hydrogen-bond acceptors (Lipinski definition) is 5. The van der Waals surface area contributed by atoms with Crippen LogP contribution in [0.1, 0.15) is 265 Å². The molecule has 2 atom stereocenters. The number of carbonyl (C=O) groups excluding carboxylic acids is 2. The Morgan fingerprint density at radius 3 is 1.06 bits per heavy atom. The summed E-state index contributed by atoms with van der Waals surface area (Å²) in [5.41, 5.74) is 0. The normalized spacial score (nSPS) is 12.7. The predicted octanol–water partition coefficient (Wildman–Crippen LogP) is 15.2. The van der Waals surface area contributed by atoms with E-state index in [-0.39, 0.29) is 25.2 Å². The van der Waals surface area contributed by atoms with E-state index in [0.29, 0.717) is 12.8 Å². The molecule has 0 aliphatic carbocycles. The third-order valence-corrected chi connectivity index (χ3v) is 11.4. The number of rotatable bonds is 43. The van der Waals surface area contributed by atoms with Gasteiger partial charge in [0.05, 0.1) is 6.61 Å². The number of aliphatic hydroxyl groups is 1. The fourth-order valence-electron chi connectivity index (χ4n) is 7.36. The van der Waals surface area contributed by atoms with Crippen LogP contribution in [0.15, 0.2) is 0 Å². The van der Waals surface area contributed by atoms with Crippen molar-refractivity contribution in [3.63, 3.8) is 0 Å². The van der Waals surface area contributed by atoms with Crippen molar-refractivity contribution in [2.24, 2.45) is 11.8 Å². The van der Waals surface area contributed by atoms with E-state index in [2.05, 4.69) is 27.7 Å². The second-order valence-electron chi connectivity index (χ2n) is 17.3. The SMILES string of the molecule is CCC(C)CCCCCCCCCCCCCCCCC(=O)OC[C@H](CO)OC(=O)CCCCCCCCCCCCCCCCCCCCC(C)C. The van der Waals surface area contributed by atoms with Gasteiger partial charge in [-0.2, -0.15) is 0 Å². The lowest BCUT2D eigenvalue weighted by Gasteiger charge is -2.15. The first kappa shape index (κ1) is 51.9. The molecule has 0 aliphatic rings. The van der Waals surface area contributed by atoms with E-state index in [0.717, 1.165) is 43.9 Å². The molecule has 316 valence electrons. The summed E-state index contributed by atoms with van der Waals surface area (Å²) in [5, 5.41) is 9.60. The van der Waals surface area contributed by atoms with E-state index >= 15 is 0 Å². The van der Waals surface area contributed by atoms with Gasteiger partial charge in [-0.15, -0.1) is 0 Å². The molecule has 53 heavy (non-hydrogen) atoms. The molecule has 0 aromatic rings. The van der Waals surface area contributed by atoms with Gasteiger partial charge in [-0.3, -0.25) is 9.59 Å². The smallest absolute Gasteiger partial charge is 0.306 e. The number of hydrogen-bond donors (Lipinski definition) is 1.